The number of carbonyl (C=O) groups is 2. The Labute approximate surface area is 199 Å². The number of aromatic nitrogens is 2. The minimum absolute atomic E-state index is 0. The lowest BCUT2D eigenvalue weighted by atomic mass is 10.0. The second-order valence-corrected chi connectivity index (χ2v) is 8.14. The summed E-state index contributed by atoms with van der Waals surface area (Å²) in [6.07, 6.45) is 4.89. The van der Waals surface area contributed by atoms with Gasteiger partial charge in [-0.3, -0.25) is 14.3 Å². The van der Waals surface area contributed by atoms with E-state index in [1.165, 1.54) is 10.9 Å². The summed E-state index contributed by atoms with van der Waals surface area (Å²) in [6, 6.07) is 14.3. The minimum Gasteiger partial charge on any atom is -0.508 e. The van der Waals surface area contributed by atoms with Crippen molar-refractivity contribution in [3.8, 4) is 17.0 Å². The third-order valence-electron chi connectivity index (χ3n) is 6.04. The Bertz CT molecular complexity index is 1120. The summed E-state index contributed by atoms with van der Waals surface area (Å²) in [5, 5.41) is 10.00. The van der Waals surface area contributed by atoms with Crippen molar-refractivity contribution in [2.45, 2.75) is 25.4 Å². The molecule has 3 aromatic rings. The van der Waals surface area contributed by atoms with Crippen LogP contribution in [0, 0.1) is 0 Å². The number of hydrogen-bond acceptors (Lipinski definition) is 5. The molecule has 0 spiro atoms. The Morgan fingerprint density at radius 3 is 2.58 bits per heavy atom. The zero-order valence-corrected chi connectivity index (χ0v) is 19.2. The van der Waals surface area contributed by atoms with Crippen LogP contribution in [-0.2, 0) is 6.54 Å². The monoisotopic (exact) mass is 469 g/mol. The lowest BCUT2D eigenvalue weighted by Crippen LogP contribution is -2.46. The molecule has 1 aromatic heterocycles. The smallest absolute Gasteiger partial charge is 0.329 e. The largest absolute Gasteiger partial charge is 0.508 e. The van der Waals surface area contributed by atoms with Gasteiger partial charge >= 0.3 is 6.03 Å². The molecular formula is C24H28ClN5O3. The van der Waals surface area contributed by atoms with Crippen molar-refractivity contribution in [2.75, 3.05) is 20.1 Å². The molecule has 0 atom stereocenters. The molecular weight excluding hydrogens is 442 g/mol. The number of phenolic OH excluding ortho intramolecular Hbond substituents is 1. The van der Waals surface area contributed by atoms with E-state index in [4.69, 9.17) is 5.73 Å². The van der Waals surface area contributed by atoms with E-state index in [9.17, 15) is 14.7 Å². The van der Waals surface area contributed by atoms with Gasteiger partial charge in [0.15, 0.2) is 0 Å². The Morgan fingerprint density at radius 2 is 1.88 bits per heavy atom. The summed E-state index contributed by atoms with van der Waals surface area (Å²) in [5.74, 6) is -0.185. The van der Waals surface area contributed by atoms with Gasteiger partial charge in [0.1, 0.15) is 12.1 Å². The summed E-state index contributed by atoms with van der Waals surface area (Å²) < 4.78 is 1.47. The highest BCUT2D eigenvalue weighted by molar-refractivity contribution is 5.94. The van der Waals surface area contributed by atoms with Crippen LogP contribution >= 0.6 is 12.4 Å². The van der Waals surface area contributed by atoms with Crippen LogP contribution in [0.15, 0.2) is 61.1 Å². The third-order valence-corrected chi connectivity index (χ3v) is 6.04. The van der Waals surface area contributed by atoms with E-state index in [0.717, 1.165) is 37.1 Å². The zero-order chi connectivity index (χ0) is 22.7. The first-order chi connectivity index (χ1) is 15.4. The standard InChI is InChI=1S/C24H27N5O3.ClH/c1-27(20-9-11-28(12-10-20)14-19-5-2-3-8-22(19)30)24(32)29-15-21(26-16-29)17-6-4-7-18(13-17)23(25)31;/h2-8,13,15-16,20,30H,9-12,14H2,1H3,(H2,25,31);1H. The van der Waals surface area contributed by atoms with Crippen LogP contribution in [0.4, 0.5) is 4.79 Å². The lowest BCUT2D eigenvalue weighted by Gasteiger charge is -2.36. The van der Waals surface area contributed by atoms with Crippen molar-refractivity contribution in [2.24, 2.45) is 5.73 Å². The van der Waals surface area contributed by atoms with E-state index in [-0.39, 0.29) is 24.5 Å². The zero-order valence-electron chi connectivity index (χ0n) is 18.4. The summed E-state index contributed by atoms with van der Waals surface area (Å²) in [7, 11) is 1.82. The van der Waals surface area contributed by atoms with Crippen molar-refractivity contribution in [1.29, 1.82) is 0 Å². The van der Waals surface area contributed by atoms with Gasteiger partial charge in [0.25, 0.3) is 0 Å². The first kappa shape index (κ1) is 24.3. The molecule has 0 bridgehead atoms. The Morgan fingerprint density at radius 1 is 1.15 bits per heavy atom. The SMILES string of the molecule is CN(C(=O)n1cnc(-c2cccc(C(N)=O)c2)c1)C1CCN(Cc2ccccc2O)CC1.Cl. The van der Waals surface area contributed by atoms with E-state index in [1.54, 1.807) is 35.4 Å². The van der Waals surface area contributed by atoms with Crippen LogP contribution < -0.4 is 5.73 Å². The van der Waals surface area contributed by atoms with Gasteiger partial charge in [0.05, 0.1) is 5.69 Å². The number of halogens is 1. The van der Waals surface area contributed by atoms with Gasteiger partial charge in [-0.1, -0.05) is 30.3 Å². The molecule has 4 rings (SSSR count). The Hall–Kier alpha value is -3.36. The first-order valence-corrected chi connectivity index (χ1v) is 10.6. The van der Waals surface area contributed by atoms with Crippen LogP contribution in [0.25, 0.3) is 11.3 Å². The number of nitrogens with zero attached hydrogens (tertiary/aromatic N) is 4. The van der Waals surface area contributed by atoms with Gasteiger partial charge in [0, 0.05) is 55.6 Å². The molecule has 0 aliphatic carbocycles. The van der Waals surface area contributed by atoms with Gasteiger partial charge < -0.3 is 15.7 Å². The normalized spacial score (nSPS) is 14.5. The molecule has 8 nitrogen and oxygen atoms in total. The Kier molecular flexibility index (Phi) is 7.73. The number of para-hydroxylation sites is 1. The van der Waals surface area contributed by atoms with Crippen molar-refractivity contribution >= 4 is 24.3 Å². The fraction of sp³-hybridized carbons (Fsp3) is 0.292. The van der Waals surface area contributed by atoms with Gasteiger partial charge in [-0.25, -0.2) is 9.78 Å². The number of carbonyl (C=O) groups excluding carboxylic acids is 2. The lowest BCUT2D eigenvalue weighted by molar-refractivity contribution is 0.1000. The van der Waals surface area contributed by atoms with Gasteiger partial charge in [0.2, 0.25) is 5.91 Å². The fourth-order valence-corrected chi connectivity index (χ4v) is 4.10. The quantitative estimate of drug-likeness (QED) is 0.596. The number of primary amides is 1. The predicted molar refractivity (Wildman–Crippen MR) is 128 cm³/mol. The highest BCUT2D eigenvalue weighted by Gasteiger charge is 2.26. The number of imidazole rings is 1. The molecule has 0 unspecified atom stereocenters. The Balaban J connectivity index is 0.00000306. The summed E-state index contributed by atoms with van der Waals surface area (Å²) in [5.41, 5.74) is 8.01. The molecule has 2 amide bonds. The fourth-order valence-electron chi connectivity index (χ4n) is 4.10. The second kappa shape index (κ2) is 10.5. The molecule has 1 saturated heterocycles. The number of benzene rings is 2. The van der Waals surface area contributed by atoms with E-state index in [0.29, 0.717) is 23.6 Å². The van der Waals surface area contributed by atoms with Gasteiger partial charge in [-0.15, -0.1) is 12.4 Å². The number of phenols is 1. The minimum atomic E-state index is -0.504. The maximum absolute atomic E-state index is 13.0. The molecule has 2 aromatic carbocycles. The van der Waals surface area contributed by atoms with Crippen LogP contribution in [0.2, 0.25) is 0 Å². The number of likely N-dealkylation sites (tertiary alicyclic amines) is 1. The number of piperidine rings is 1. The van der Waals surface area contributed by atoms with Crippen molar-refractivity contribution in [3.05, 3.63) is 72.2 Å². The number of amides is 2. The molecule has 1 aliphatic rings. The molecule has 33 heavy (non-hydrogen) atoms. The van der Waals surface area contributed by atoms with Crippen molar-refractivity contribution < 1.29 is 14.7 Å². The molecule has 0 radical (unpaired) electrons. The predicted octanol–water partition coefficient (Wildman–Crippen LogP) is 3.34. The number of nitrogens with two attached hydrogens (primary N) is 1. The molecule has 174 valence electrons. The second-order valence-electron chi connectivity index (χ2n) is 8.14. The summed E-state index contributed by atoms with van der Waals surface area (Å²) in [6.45, 7) is 2.41. The van der Waals surface area contributed by atoms with Crippen LogP contribution in [0.1, 0.15) is 28.8 Å². The summed E-state index contributed by atoms with van der Waals surface area (Å²) >= 11 is 0. The van der Waals surface area contributed by atoms with E-state index in [2.05, 4.69) is 9.88 Å². The van der Waals surface area contributed by atoms with Gasteiger partial charge in [-0.05, 0) is 31.0 Å². The van der Waals surface area contributed by atoms with Crippen LogP contribution in [0.5, 0.6) is 5.75 Å². The van der Waals surface area contributed by atoms with E-state index < -0.39 is 5.91 Å². The summed E-state index contributed by atoms with van der Waals surface area (Å²) in [4.78, 5) is 32.8. The first-order valence-electron chi connectivity index (χ1n) is 10.6. The van der Waals surface area contributed by atoms with Crippen molar-refractivity contribution in [3.63, 3.8) is 0 Å². The van der Waals surface area contributed by atoms with E-state index in [1.807, 2.05) is 31.3 Å². The number of rotatable bonds is 5. The maximum atomic E-state index is 13.0. The number of hydrogen-bond donors (Lipinski definition) is 2. The molecule has 1 fully saturated rings. The van der Waals surface area contributed by atoms with Crippen molar-refractivity contribution in [1.82, 2.24) is 19.4 Å². The molecule has 1 aliphatic heterocycles. The average Bonchev–Trinajstić information content (AvgIpc) is 3.30. The highest BCUT2D eigenvalue weighted by atomic mass is 35.5. The maximum Gasteiger partial charge on any atom is 0.329 e. The third kappa shape index (κ3) is 5.53. The number of aromatic hydroxyl groups is 1. The average molecular weight is 470 g/mol. The van der Waals surface area contributed by atoms with E-state index >= 15 is 0 Å². The van der Waals surface area contributed by atoms with Crippen LogP contribution in [0.3, 0.4) is 0 Å². The molecule has 9 heteroatoms. The van der Waals surface area contributed by atoms with Gasteiger partial charge in [-0.2, -0.15) is 0 Å². The topological polar surface area (TPSA) is 105 Å². The molecule has 0 saturated carbocycles. The van der Waals surface area contributed by atoms with Crippen LogP contribution in [-0.4, -0.2) is 62.6 Å². The highest BCUT2D eigenvalue weighted by Crippen LogP contribution is 2.23. The molecule has 3 N–H and O–H groups in total. The molecule has 2 heterocycles.